The molecule has 2 radical (unpaired) electrons. The zero-order valence-electron chi connectivity index (χ0n) is 11.8. The van der Waals surface area contributed by atoms with E-state index in [-0.39, 0.29) is 5.56 Å². The Morgan fingerprint density at radius 3 is 2.78 bits per heavy atom. The van der Waals surface area contributed by atoms with Gasteiger partial charge in [0, 0.05) is 0 Å². The summed E-state index contributed by atoms with van der Waals surface area (Å²) in [5.41, 5.74) is 6.18. The first-order valence-electron chi connectivity index (χ1n) is 6.43. The van der Waals surface area contributed by atoms with Crippen LogP contribution in [0.2, 0.25) is 5.02 Å². The molecule has 114 valence electrons. The van der Waals surface area contributed by atoms with Crippen LogP contribution in [0.3, 0.4) is 0 Å². The van der Waals surface area contributed by atoms with Gasteiger partial charge in [-0.3, -0.25) is 0 Å². The summed E-state index contributed by atoms with van der Waals surface area (Å²) in [5.74, 6) is -0.612. The number of halogens is 1. The molecule has 23 heavy (non-hydrogen) atoms. The minimum atomic E-state index is -0.612. The maximum absolute atomic E-state index is 12.4. The molecule has 2 N–H and O–H groups in total. The summed E-state index contributed by atoms with van der Waals surface area (Å²) in [7, 11) is 0. The van der Waals surface area contributed by atoms with Gasteiger partial charge in [0.05, 0.1) is 0 Å². The van der Waals surface area contributed by atoms with Crippen molar-refractivity contribution in [3.05, 3.63) is 51.2 Å². The zero-order valence-corrected chi connectivity index (χ0v) is 14.4. The number of nitrogens with zero attached hydrogens (tertiary/aromatic N) is 4. The van der Waals surface area contributed by atoms with Crippen LogP contribution in [-0.2, 0) is 0 Å². The van der Waals surface area contributed by atoms with E-state index in [1.165, 1.54) is 22.8 Å². The Morgan fingerprint density at radius 2 is 2.09 bits per heavy atom. The molecule has 7 nitrogen and oxygen atoms in total. The van der Waals surface area contributed by atoms with Crippen LogP contribution >= 0.6 is 11.6 Å². The summed E-state index contributed by atoms with van der Waals surface area (Å²) >= 11 is 8.37. The van der Waals surface area contributed by atoms with Gasteiger partial charge >= 0.3 is 144 Å². The van der Waals surface area contributed by atoms with E-state index in [9.17, 15) is 9.59 Å². The Hall–Kier alpha value is -2.24. The number of hydrogen-bond acceptors (Lipinski definition) is 5. The number of carbonyl (C=O) groups is 1. The molecular weight excluding hydrogens is 381 g/mol. The molecule has 0 atom stereocenters. The van der Waals surface area contributed by atoms with Gasteiger partial charge in [0.2, 0.25) is 0 Å². The molecule has 0 aliphatic heterocycles. The second-order valence-electron chi connectivity index (χ2n) is 4.75. The monoisotopic (exact) mass is 389 g/mol. The maximum atomic E-state index is 12.4. The third kappa shape index (κ3) is 2.73. The van der Waals surface area contributed by atoms with Crippen LogP contribution in [0.25, 0.3) is 16.7 Å². The van der Waals surface area contributed by atoms with E-state index in [0.717, 1.165) is 0 Å². The predicted octanol–water partition coefficient (Wildman–Crippen LogP) is 0.0302. The van der Waals surface area contributed by atoms with Crippen molar-refractivity contribution < 1.29 is 4.79 Å². The van der Waals surface area contributed by atoms with E-state index in [2.05, 4.69) is 31.8 Å². The number of nitrogens with two attached hydrogens (primary N) is 1. The number of primary amides is 1. The molecule has 0 spiro atoms. The van der Waals surface area contributed by atoms with E-state index < -0.39 is 11.6 Å². The van der Waals surface area contributed by atoms with Gasteiger partial charge in [-0.2, -0.15) is 0 Å². The van der Waals surface area contributed by atoms with Gasteiger partial charge in [0.25, 0.3) is 0 Å². The van der Waals surface area contributed by atoms with Crippen LogP contribution in [0, 0.1) is 6.92 Å². The topological polar surface area (TPSA) is 104 Å². The number of aryl methyl sites for hydroxylation is 1. The van der Waals surface area contributed by atoms with Crippen molar-refractivity contribution in [1.29, 1.82) is 0 Å². The Kier molecular flexibility index (Phi) is 3.91. The molecule has 0 aliphatic rings. The van der Waals surface area contributed by atoms with E-state index >= 15 is 0 Å². The molecule has 0 saturated heterocycles. The fourth-order valence-electron chi connectivity index (χ4n) is 2.23. The van der Waals surface area contributed by atoms with Gasteiger partial charge < -0.3 is 0 Å². The quantitative estimate of drug-likeness (QED) is 0.623. The van der Waals surface area contributed by atoms with Gasteiger partial charge in [0.1, 0.15) is 0 Å². The molecule has 0 bridgehead atoms. The Labute approximate surface area is 144 Å². The molecule has 2 aromatic heterocycles. The van der Waals surface area contributed by atoms with Crippen LogP contribution in [0.1, 0.15) is 16.1 Å². The third-order valence-electron chi connectivity index (χ3n) is 3.35. The summed E-state index contributed by atoms with van der Waals surface area (Å²) in [5, 5.41) is 0.908. The fourth-order valence-corrected chi connectivity index (χ4v) is 2.75. The van der Waals surface area contributed by atoms with Crippen molar-refractivity contribution >= 4 is 50.0 Å². The third-order valence-corrected chi connectivity index (χ3v) is 4.12. The fraction of sp³-hybridized carbons (Fsp3) is 0.0714. The van der Waals surface area contributed by atoms with Crippen LogP contribution in [0.5, 0.6) is 0 Å². The zero-order chi connectivity index (χ0) is 16.7. The van der Waals surface area contributed by atoms with Crippen molar-refractivity contribution in [3.8, 4) is 5.69 Å². The van der Waals surface area contributed by atoms with Gasteiger partial charge in [-0.1, -0.05) is 0 Å². The Balaban J connectivity index is 2.37. The Morgan fingerprint density at radius 1 is 1.35 bits per heavy atom. The van der Waals surface area contributed by atoms with Gasteiger partial charge in [-0.25, -0.2) is 0 Å². The number of hydrogen-bond donors (Lipinski definition) is 1. The van der Waals surface area contributed by atoms with Crippen LogP contribution in [0.4, 0.5) is 0 Å². The first-order valence-corrected chi connectivity index (χ1v) is 7.75. The number of carbonyl (C=O) groups excluding carboxylic acids is 1. The number of aromatic nitrogens is 4. The van der Waals surface area contributed by atoms with Crippen molar-refractivity contribution in [2.45, 2.75) is 6.92 Å². The van der Waals surface area contributed by atoms with Crippen molar-refractivity contribution in [3.63, 3.8) is 0 Å². The molecule has 3 rings (SSSR count). The summed E-state index contributed by atoms with van der Waals surface area (Å²) in [6, 6.07) is 4.46. The molecule has 0 saturated carbocycles. The second kappa shape index (κ2) is 5.75. The van der Waals surface area contributed by atoms with Crippen LogP contribution in [-0.4, -0.2) is 42.3 Å². The van der Waals surface area contributed by atoms with E-state index in [1.807, 2.05) is 0 Å². The number of rotatable bonds is 2. The first-order chi connectivity index (χ1) is 10.9. The number of amides is 1. The summed E-state index contributed by atoms with van der Waals surface area (Å²) < 4.78 is 1.77. The first kappa shape index (κ1) is 15.6. The standard InChI is InChI=1S/C14H9AsClN5O2/c1-6-8-5-18-13(15)19-12(8)20-14(23)21(6)10-4-7(11(17)22)2-3-9(10)16/h2-5H,1H3,(H2,17,22). The number of benzene rings is 1. The van der Waals surface area contributed by atoms with E-state index in [4.69, 9.17) is 17.3 Å². The van der Waals surface area contributed by atoms with Gasteiger partial charge in [-0.15, -0.1) is 0 Å². The summed E-state index contributed by atoms with van der Waals surface area (Å²) in [6.45, 7) is 1.73. The molecular formula is C14H9AsClN5O2. The van der Waals surface area contributed by atoms with Crippen LogP contribution in [0.15, 0.2) is 29.2 Å². The average Bonchev–Trinajstić information content (AvgIpc) is 2.48. The predicted molar refractivity (Wildman–Crippen MR) is 86.6 cm³/mol. The van der Waals surface area contributed by atoms with Crippen LogP contribution < -0.4 is 16.0 Å². The van der Waals surface area contributed by atoms with E-state index in [0.29, 0.717) is 32.0 Å². The number of fused-ring (bicyclic) bond motifs is 1. The molecule has 9 heteroatoms. The molecule has 0 aliphatic carbocycles. The van der Waals surface area contributed by atoms with Crippen molar-refractivity contribution in [2.24, 2.45) is 5.73 Å². The molecule has 0 unspecified atom stereocenters. The summed E-state index contributed by atoms with van der Waals surface area (Å²) in [4.78, 5) is 36.0. The molecule has 1 aromatic carbocycles. The normalized spacial score (nSPS) is 10.9. The minimum absolute atomic E-state index is 0.244. The SMILES string of the molecule is Cc1c2cnc([As])nc2nc(=O)n1-c1cc(C(N)=O)ccc1Cl. The summed E-state index contributed by atoms with van der Waals surface area (Å²) in [6.07, 6.45) is 1.58. The molecule has 0 fully saturated rings. The second-order valence-corrected chi connectivity index (χ2v) is 6.00. The molecule has 3 aromatic rings. The molecule has 2 heterocycles. The average molecular weight is 390 g/mol. The Bertz CT molecular complexity index is 1020. The van der Waals surface area contributed by atoms with Gasteiger partial charge in [-0.05, 0) is 0 Å². The molecule has 1 amide bonds. The van der Waals surface area contributed by atoms with Gasteiger partial charge in [0.15, 0.2) is 0 Å². The van der Waals surface area contributed by atoms with Crippen molar-refractivity contribution in [1.82, 2.24) is 19.5 Å². The van der Waals surface area contributed by atoms with Crippen molar-refractivity contribution in [2.75, 3.05) is 0 Å². The van der Waals surface area contributed by atoms with E-state index in [1.54, 1.807) is 13.1 Å².